The van der Waals surface area contributed by atoms with Gasteiger partial charge in [0.1, 0.15) is 22.3 Å². The van der Waals surface area contributed by atoms with Crippen molar-refractivity contribution in [3.05, 3.63) is 206 Å². The van der Waals surface area contributed by atoms with E-state index in [0.29, 0.717) is 5.82 Å². The SMILES string of the molecule is c1ccc(-c2c3ccccc3c(-c3ccc4ccccc4c3-c3nc(-c4cccc5c4oc4ccccc45)cc(-c4cccc5c4oc4ccccc45)n3)c3ccccc23)cc1. The molecule has 0 aliphatic heterocycles. The lowest BCUT2D eigenvalue weighted by Gasteiger charge is -2.20. The molecule has 0 aliphatic carbocycles. The third-order valence-corrected chi connectivity index (χ3v) is 12.5. The van der Waals surface area contributed by atoms with Crippen LogP contribution in [0.4, 0.5) is 0 Å². The summed E-state index contributed by atoms with van der Waals surface area (Å²) in [5.74, 6) is 0.617. The van der Waals surface area contributed by atoms with E-state index in [1.807, 2.05) is 24.3 Å². The van der Waals surface area contributed by atoms with Gasteiger partial charge < -0.3 is 8.83 Å². The summed E-state index contributed by atoms with van der Waals surface area (Å²) < 4.78 is 13.3. The summed E-state index contributed by atoms with van der Waals surface area (Å²) in [7, 11) is 0. The number of para-hydroxylation sites is 4. The lowest BCUT2D eigenvalue weighted by atomic mass is 9.83. The molecule has 0 atom stereocenters. The van der Waals surface area contributed by atoms with Gasteiger partial charge in [-0.25, -0.2) is 9.97 Å². The van der Waals surface area contributed by atoms with E-state index in [2.05, 4.69) is 182 Å². The van der Waals surface area contributed by atoms with E-state index in [1.165, 1.54) is 21.9 Å². The van der Waals surface area contributed by atoms with Crippen LogP contribution in [0.1, 0.15) is 0 Å². The summed E-state index contributed by atoms with van der Waals surface area (Å²) in [5, 5.41) is 11.1. The predicted molar refractivity (Wildman–Crippen MR) is 256 cm³/mol. The van der Waals surface area contributed by atoms with Crippen LogP contribution < -0.4 is 0 Å². The highest BCUT2D eigenvalue weighted by Crippen LogP contribution is 2.48. The van der Waals surface area contributed by atoms with E-state index < -0.39 is 0 Å². The first-order valence-electron chi connectivity index (χ1n) is 21.0. The molecule has 0 saturated carbocycles. The lowest BCUT2D eigenvalue weighted by Crippen LogP contribution is -2.00. The highest BCUT2D eigenvalue weighted by atomic mass is 16.3. The van der Waals surface area contributed by atoms with Crippen LogP contribution in [-0.4, -0.2) is 9.97 Å². The molecule has 4 nitrogen and oxygen atoms in total. The Kier molecular flexibility index (Phi) is 7.57. The molecule has 3 heterocycles. The molecule has 0 N–H and O–H groups in total. The number of furan rings is 2. The minimum absolute atomic E-state index is 0.617. The molecule has 13 rings (SSSR count). The van der Waals surface area contributed by atoms with Crippen LogP contribution in [0, 0.1) is 0 Å². The van der Waals surface area contributed by atoms with Crippen molar-refractivity contribution in [3.8, 4) is 56.2 Å². The van der Waals surface area contributed by atoms with E-state index in [0.717, 1.165) is 105 Å². The van der Waals surface area contributed by atoms with Crippen molar-refractivity contribution in [1.82, 2.24) is 9.97 Å². The predicted octanol–water partition coefficient (Wildman–Crippen LogP) is 16.1. The molecule has 10 aromatic carbocycles. The van der Waals surface area contributed by atoms with Crippen LogP contribution in [-0.2, 0) is 0 Å². The van der Waals surface area contributed by atoms with Crippen LogP contribution in [0.25, 0.3) is 132 Å². The maximum Gasteiger partial charge on any atom is 0.161 e. The number of rotatable bonds is 5. The van der Waals surface area contributed by atoms with Gasteiger partial charge in [-0.3, -0.25) is 0 Å². The number of hydrogen-bond acceptors (Lipinski definition) is 4. The number of benzene rings is 10. The van der Waals surface area contributed by atoms with Gasteiger partial charge in [0.05, 0.1) is 11.4 Å². The molecule has 4 heteroatoms. The lowest BCUT2D eigenvalue weighted by molar-refractivity contribution is 0.669. The minimum atomic E-state index is 0.617. The molecule has 0 bridgehead atoms. The third kappa shape index (κ3) is 5.20. The smallest absolute Gasteiger partial charge is 0.161 e. The van der Waals surface area contributed by atoms with Crippen molar-refractivity contribution in [1.29, 1.82) is 0 Å². The van der Waals surface area contributed by atoms with Crippen LogP contribution in [0.5, 0.6) is 0 Å². The van der Waals surface area contributed by atoms with Gasteiger partial charge in [0, 0.05) is 38.2 Å². The number of aromatic nitrogens is 2. The van der Waals surface area contributed by atoms with Gasteiger partial charge in [-0.05, 0) is 84.9 Å². The van der Waals surface area contributed by atoms with Gasteiger partial charge in [0.25, 0.3) is 0 Å². The first-order valence-corrected chi connectivity index (χ1v) is 21.0. The molecule has 13 aromatic rings. The largest absolute Gasteiger partial charge is 0.455 e. The number of hydrogen-bond donors (Lipinski definition) is 0. The zero-order valence-electron chi connectivity index (χ0n) is 33.3. The van der Waals surface area contributed by atoms with Gasteiger partial charge in [0.2, 0.25) is 0 Å². The summed E-state index contributed by atoms with van der Waals surface area (Å²) in [6, 6.07) is 72.6. The molecule has 0 aliphatic rings. The first kappa shape index (κ1) is 34.5. The molecule has 0 spiro atoms. The van der Waals surface area contributed by atoms with E-state index in [9.17, 15) is 0 Å². The molecule has 0 radical (unpaired) electrons. The molecule has 288 valence electrons. The van der Waals surface area contributed by atoms with Crippen LogP contribution in [0.2, 0.25) is 0 Å². The summed E-state index contributed by atoms with van der Waals surface area (Å²) >= 11 is 0. The summed E-state index contributed by atoms with van der Waals surface area (Å²) in [5.41, 5.74) is 12.1. The zero-order valence-corrected chi connectivity index (χ0v) is 33.3. The molecular weight excluding hydrogens is 757 g/mol. The molecule has 0 unspecified atom stereocenters. The molecule has 62 heavy (non-hydrogen) atoms. The fourth-order valence-electron chi connectivity index (χ4n) is 9.79. The van der Waals surface area contributed by atoms with E-state index in [4.69, 9.17) is 18.8 Å². The van der Waals surface area contributed by atoms with Gasteiger partial charge in [-0.1, -0.05) is 176 Å². The molecule has 0 amide bonds. The van der Waals surface area contributed by atoms with Crippen LogP contribution in [0.3, 0.4) is 0 Å². The summed E-state index contributed by atoms with van der Waals surface area (Å²) in [4.78, 5) is 11.2. The van der Waals surface area contributed by atoms with Gasteiger partial charge in [-0.2, -0.15) is 0 Å². The molecule has 0 fully saturated rings. The Hall–Kier alpha value is -8.34. The van der Waals surface area contributed by atoms with Crippen LogP contribution in [0.15, 0.2) is 215 Å². The Morgan fingerprint density at radius 1 is 0.290 bits per heavy atom. The normalized spacial score (nSPS) is 11.9. The van der Waals surface area contributed by atoms with Crippen molar-refractivity contribution >= 4 is 76.2 Å². The average molecular weight is 791 g/mol. The molecule has 0 saturated heterocycles. The topological polar surface area (TPSA) is 52.1 Å². The highest BCUT2D eigenvalue weighted by molar-refractivity contribution is 6.23. The Bertz CT molecular complexity index is 3750. The quantitative estimate of drug-likeness (QED) is 0.163. The van der Waals surface area contributed by atoms with E-state index >= 15 is 0 Å². The van der Waals surface area contributed by atoms with Crippen molar-refractivity contribution in [3.63, 3.8) is 0 Å². The fourth-order valence-corrected chi connectivity index (χ4v) is 9.79. The Morgan fingerprint density at radius 3 is 1.31 bits per heavy atom. The molecule has 3 aromatic heterocycles. The molecular formula is C58H34N2O2. The monoisotopic (exact) mass is 790 g/mol. The highest BCUT2D eigenvalue weighted by Gasteiger charge is 2.24. The summed E-state index contributed by atoms with van der Waals surface area (Å²) in [6.07, 6.45) is 0. The van der Waals surface area contributed by atoms with E-state index in [-0.39, 0.29) is 0 Å². The fraction of sp³-hybridized carbons (Fsp3) is 0. The van der Waals surface area contributed by atoms with Gasteiger partial charge in [-0.15, -0.1) is 0 Å². The second kappa shape index (κ2) is 13.6. The van der Waals surface area contributed by atoms with E-state index in [1.54, 1.807) is 0 Å². The second-order valence-corrected chi connectivity index (χ2v) is 15.9. The Morgan fingerprint density at radius 2 is 0.742 bits per heavy atom. The number of fused-ring (bicyclic) bond motifs is 9. The maximum absolute atomic E-state index is 6.67. The van der Waals surface area contributed by atoms with Crippen molar-refractivity contribution in [2.75, 3.05) is 0 Å². The summed E-state index contributed by atoms with van der Waals surface area (Å²) in [6.45, 7) is 0. The third-order valence-electron chi connectivity index (χ3n) is 12.5. The first-order chi connectivity index (χ1) is 30.8. The average Bonchev–Trinajstić information content (AvgIpc) is 3.92. The van der Waals surface area contributed by atoms with Crippen LogP contribution >= 0.6 is 0 Å². The van der Waals surface area contributed by atoms with Crippen molar-refractivity contribution in [2.45, 2.75) is 0 Å². The van der Waals surface area contributed by atoms with Crippen molar-refractivity contribution < 1.29 is 8.83 Å². The minimum Gasteiger partial charge on any atom is -0.455 e. The van der Waals surface area contributed by atoms with Crippen molar-refractivity contribution in [2.24, 2.45) is 0 Å². The van der Waals surface area contributed by atoms with Gasteiger partial charge in [0.15, 0.2) is 5.82 Å². The second-order valence-electron chi connectivity index (χ2n) is 15.9. The Labute approximate surface area is 356 Å². The number of nitrogens with zero attached hydrogens (tertiary/aromatic N) is 2. The maximum atomic E-state index is 6.67. The zero-order chi connectivity index (χ0) is 40.7. The standard InChI is InChI=1S/C58H34N2O2/c1-2-17-36(18-3-1)53-40-22-6-8-24-42(40)54(43-25-9-7-23-41(43)53)48-33-32-35-16-4-5-19-37(35)55(48)58-59-49(46-28-14-26-44-38-20-10-12-30-51(38)61-56(44)46)34-50(60-58)47-29-15-27-45-39-21-11-13-31-52(39)62-57(45)47/h1-34H. The Balaban J connectivity index is 1.16. The van der Waals surface area contributed by atoms with Gasteiger partial charge >= 0.3 is 0 Å².